The number of hydrogen-bond acceptors (Lipinski definition) is 5. The lowest BCUT2D eigenvalue weighted by Crippen LogP contribution is -2.29. The van der Waals surface area contributed by atoms with Crippen LogP contribution in [0.4, 0.5) is 5.00 Å². The Morgan fingerprint density at radius 3 is 3.00 bits per heavy atom. The standard InChI is InChI=1S/C17H17N3O3S/c21-15(9-4-5-12-10(6-9)7-18-8-19-12)20-16-14(17(22)23)11-2-1-3-13(11)24-16/h7-9H,1-6H2,(H,20,21)(H,22,23). The molecule has 2 aliphatic carbocycles. The van der Waals surface area contributed by atoms with Gasteiger partial charge in [-0.25, -0.2) is 14.8 Å². The van der Waals surface area contributed by atoms with Gasteiger partial charge in [0.2, 0.25) is 5.91 Å². The average Bonchev–Trinajstić information content (AvgIpc) is 3.14. The number of carboxylic acids is 1. The van der Waals surface area contributed by atoms with E-state index in [1.54, 1.807) is 6.20 Å². The topological polar surface area (TPSA) is 92.2 Å². The van der Waals surface area contributed by atoms with Crippen molar-refractivity contribution in [2.75, 3.05) is 5.32 Å². The van der Waals surface area contributed by atoms with Crippen molar-refractivity contribution in [1.29, 1.82) is 0 Å². The van der Waals surface area contributed by atoms with Crippen molar-refractivity contribution in [1.82, 2.24) is 9.97 Å². The van der Waals surface area contributed by atoms with Crippen LogP contribution in [-0.2, 0) is 30.5 Å². The molecule has 1 amide bonds. The Balaban J connectivity index is 1.54. The number of anilines is 1. The van der Waals surface area contributed by atoms with Crippen LogP contribution < -0.4 is 5.32 Å². The molecule has 0 radical (unpaired) electrons. The highest BCUT2D eigenvalue weighted by molar-refractivity contribution is 7.17. The van der Waals surface area contributed by atoms with E-state index in [1.165, 1.54) is 17.7 Å². The monoisotopic (exact) mass is 343 g/mol. The number of aromatic carboxylic acids is 1. The van der Waals surface area contributed by atoms with E-state index < -0.39 is 5.97 Å². The van der Waals surface area contributed by atoms with Crippen molar-refractivity contribution in [2.45, 2.75) is 38.5 Å². The molecule has 124 valence electrons. The molecule has 24 heavy (non-hydrogen) atoms. The summed E-state index contributed by atoms with van der Waals surface area (Å²) in [7, 11) is 0. The van der Waals surface area contributed by atoms with E-state index >= 15 is 0 Å². The van der Waals surface area contributed by atoms with Crippen LogP contribution in [0, 0.1) is 5.92 Å². The molecule has 2 aromatic heterocycles. The molecule has 0 saturated heterocycles. The fourth-order valence-corrected chi connectivity index (χ4v) is 4.90. The first-order valence-electron chi connectivity index (χ1n) is 8.10. The number of aromatic nitrogens is 2. The van der Waals surface area contributed by atoms with Crippen LogP contribution in [0.15, 0.2) is 12.5 Å². The molecule has 2 N–H and O–H groups in total. The zero-order valence-corrected chi connectivity index (χ0v) is 13.9. The minimum atomic E-state index is -0.952. The zero-order valence-electron chi connectivity index (χ0n) is 13.0. The van der Waals surface area contributed by atoms with E-state index in [0.29, 0.717) is 17.0 Å². The molecule has 1 atom stereocenters. The Kier molecular flexibility index (Phi) is 3.80. The Bertz CT molecular complexity index is 830. The Morgan fingerprint density at radius 1 is 1.29 bits per heavy atom. The summed E-state index contributed by atoms with van der Waals surface area (Å²) in [6.45, 7) is 0. The summed E-state index contributed by atoms with van der Waals surface area (Å²) in [6.07, 6.45) is 8.08. The van der Waals surface area contributed by atoms with Crippen LogP contribution >= 0.6 is 11.3 Å². The third kappa shape index (κ3) is 2.58. The van der Waals surface area contributed by atoms with Crippen LogP contribution in [-0.4, -0.2) is 27.0 Å². The minimum absolute atomic E-state index is 0.105. The molecule has 2 aliphatic rings. The van der Waals surface area contributed by atoms with E-state index in [-0.39, 0.29) is 11.8 Å². The number of aryl methyl sites for hydroxylation is 2. The van der Waals surface area contributed by atoms with E-state index in [0.717, 1.165) is 53.8 Å². The molecule has 6 nitrogen and oxygen atoms in total. The Morgan fingerprint density at radius 2 is 2.17 bits per heavy atom. The van der Waals surface area contributed by atoms with Crippen molar-refractivity contribution in [2.24, 2.45) is 5.92 Å². The second-order valence-electron chi connectivity index (χ2n) is 6.29. The third-order valence-corrected chi connectivity index (χ3v) is 6.03. The summed E-state index contributed by atoms with van der Waals surface area (Å²) in [5, 5.41) is 12.9. The van der Waals surface area contributed by atoms with Crippen LogP contribution in [0.25, 0.3) is 0 Å². The van der Waals surface area contributed by atoms with Crippen molar-refractivity contribution in [3.05, 3.63) is 39.8 Å². The van der Waals surface area contributed by atoms with Crippen molar-refractivity contribution in [3.8, 4) is 0 Å². The van der Waals surface area contributed by atoms with Crippen LogP contribution in [0.2, 0.25) is 0 Å². The number of nitrogens with one attached hydrogen (secondary N) is 1. The molecule has 0 spiro atoms. The fourth-order valence-electron chi connectivity index (χ4n) is 3.61. The highest BCUT2D eigenvalue weighted by Crippen LogP contribution is 2.39. The number of carbonyl (C=O) groups excluding carboxylic acids is 1. The maximum absolute atomic E-state index is 12.6. The molecule has 0 aromatic carbocycles. The smallest absolute Gasteiger partial charge is 0.339 e. The van der Waals surface area contributed by atoms with Gasteiger partial charge in [0.15, 0.2) is 0 Å². The number of hydrogen-bond donors (Lipinski definition) is 2. The fraction of sp³-hybridized carbons (Fsp3) is 0.412. The highest BCUT2D eigenvalue weighted by atomic mass is 32.1. The third-order valence-electron chi connectivity index (χ3n) is 4.82. The molecule has 1 unspecified atom stereocenters. The molecule has 0 aliphatic heterocycles. The minimum Gasteiger partial charge on any atom is -0.478 e. The second kappa shape index (κ2) is 5.98. The van der Waals surface area contributed by atoms with Crippen molar-refractivity contribution >= 4 is 28.2 Å². The Labute approximate surface area is 143 Å². The summed E-state index contributed by atoms with van der Waals surface area (Å²) in [6, 6.07) is 0. The SMILES string of the molecule is O=C(O)c1c(NC(=O)C2CCc3ncncc3C2)sc2c1CCC2. The summed E-state index contributed by atoms with van der Waals surface area (Å²) >= 11 is 1.42. The number of amides is 1. The number of rotatable bonds is 3. The molecule has 2 aromatic rings. The average molecular weight is 343 g/mol. The van der Waals surface area contributed by atoms with Gasteiger partial charge in [-0.15, -0.1) is 11.3 Å². The lowest BCUT2D eigenvalue weighted by atomic mass is 9.87. The summed E-state index contributed by atoms with van der Waals surface area (Å²) in [5.41, 5.74) is 3.22. The van der Waals surface area contributed by atoms with Gasteiger partial charge in [0.25, 0.3) is 0 Å². The molecule has 2 heterocycles. The summed E-state index contributed by atoms with van der Waals surface area (Å²) in [4.78, 5) is 33.6. The largest absolute Gasteiger partial charge is 0.478 e. The maximum atomic E-state index is 12.6. The van der Waals surface area contributed by atoms with Crippen molar-refractivity contribution in [3.63, 3.8) is 0 Å². The Hall–Kier alpha value is -2.28. The molecule has 0 saturated carbocycles. The zero-order chi connectivity index (χ0) is 16.7. The lowest BCUT2D eigenvalue weighted by Gasteiger charge is -2.22. The van der Waals surface area contributed by atoms with Gasteiger partial charge in [-0.3, -0.25) is 4.79 Å². The maximum Gasteiger partial charge on any atom is 0.339 e. The second-order valence-corrected chi connectivity index (χ2v) is 7.40. The molecule has 7 heteroatoms. The predicted octanol–water partition coefficient (Wildman–Crippen LogP) is 2.47. The number of nitrogens with zero attached hydrogens (tertiary/aromatic N) is 2. The molecular formula is C17H17N3O3S. The van der Waals surface area contributed by atoms with Crippen molar-refractivity contribution < 1.29 is 14.7 Å². The summed E-state index contributed by atoms with van der Waals surface area (Å²) < 4.78 is 0. The number of fused-ring (bicyclic) bond motifs is 2. The van der Waals surface area contributed by atoms with E-state index in [9.17, 15) is 14.7 Å². The molecule has 4 rings (SSSR count). The van der Waals surface area contributed by atoms with Gasteiger partial charge < -0.3 is 10.4 Å². The highest BCUT2D eigenvalue weighted by Gasteiger charge is 2.30. The van der Waals surface area contributed by atoms with Gasteiger partial charge in [0.1, 0.15) is 11.3 Å². The van der Waals surface area contributed by atoms with E-state index in [2.05, 4.69) is 15.3 Å². The number of carbonyl (C=O) groups is 2. The number of thiophene rings is 1. The van der Waals surface area contributed by atoms with E-state index in [4.69, 9.17) is 0 Å². The predicted molar refractivity (Wildman–Crippen MR) is 89.5 cm³/mol. The number of carboxylic acid groups (broad SMARTS) is 1. The lowest BCUT2D eigenvalue weighted by molar-refractivity contribution is -0.120. The first kappa shape index (κ1) is 15.3. The normalized spacial score (nSPS) is 18.8. The molecule has 0 bridgehead atoms. The van der Waals surface area contributed by atoms with Crippen LogP contribution in [0.1, 0.15) is 44.9 Å². The molecular weight excluding hydrogens is 326 g/mol. The van der Waals surface area contributed by atoms with Gasteiger partial charge in [0.05, 0.1) is 5.56 Å². The van der Waals surface area contributed by atoms with Gasteiger partial charge in [-0.1, -0.05) is 0 Å². The van der Waals surface area contributed by atoms with Gasteiger partial charge in [0, 0.05) is 22.7 Å². The van der Waals surface area contributed by atoms with E-state index in [1.807, 2.05) is 0 Å². The molecule has 0 fully saturated rings. The quantitative estimate of drug-likeness (QED) is 0.893. The summed E-state index contributed by atoms with van der Waals surface area (Å²) in [5.74, 6) is -1.22. The van der Waals surface area contributed by atoms with Gasteiger partial charge in [-0.2, -0.15) is 0 Å². The van der Waals surface area contributed by atoms with Gasteiger partial charge >= 0.3 is 5.97 Å². The first-order chi connectivity index (χ1) is 11.6. The van der Waals surface area contributed by atoms with Gasteiger partial charge in [-0.05, 0) is 49.7 Å². The first-order valence-corrected chi connectivity index (χ1v) is 8.91. The van der Waals surface area contributed by atoms with Crippen LogP contribution in [0.3, 0.4) is 0 Å². The van der Waals surface area contributed by atoms with Crippen LogP contribution in [0.5, 0.6) is 0 Å².